The highest BCUT2D eigenvalue weighted by atomic mass is 16.5. The number of imide groups is 2. The molecule has 12 nitrogen and oxygen atoms in total. The molecule has 0 radical (unpaired) electrons. The molecule has 0 saturated carbocycles. The van der Waals surface area contributed by atoms with Gasteiger partial charge < -0.3 is 14.8 Å². The highest BCUT2D eigenvalue weighted by molar-refractivity contribution is 6.25. The molecule has 33 heavy (non-hydrogen) atoms. The fourth-order valence-corrected chi connectivity index (χ4v) is 3.86. The smallest absolute Gasteiger partial charge is 0.264 e. The number of likely N-dealkylation sites (N-methyl/N-ethyl adjacent to an activating group) is 1. The van der Waals surface area contributed by atoms with Crippen molar-refractivity contribution in [2.75, 3.05) is 51.4 Å². The number of carbonyl (C=O) groups is 4. The van der Waals surface area contributed by atoms with E-state index in [1.807, 2.05) is 0 Å². The van der Waals surface area contributed by atoms with Crippen LogP contribution < -0.4 is 5.32 Å². The summed E-state index contributed by atoms with van der Waals surface area (Å²) in [6.45, 7) is 3.90. The van der Waals surface area contributed by atoms with Crippen LogP contribution >= 0.6 is 0 Å². The topological polar surface area (TPSA) is 154 Å². The van der Waals surface area contributed by atoms with Gasteiger partial charge in [0.25, 0.3) is 17.7 Å². The first-order valence-corrected chi connectivity index (χ1v) is 10.8. The molecule has 1 N–H and O–H groups in total. The highest BCUT2D eigenvalue weighted by Crippen LogP contribution is 2.33. The fourth-order valence-electron chi connectivity index (χ4n) is 3.86. The van der Waals surface area contributed by atoms with E-state index in [9.17, 15) is 19.2 Å². The Morgan fingerprint density at radius 2 is 1.88 bits per heavy atom. The van der Waals surface area contributed by atoms with E-state index < -0.39 is 23.8 Å². The summed E-state index contributed by atoms with van der Waals surface area (Å²) in [5.41, 5.74) is 9.10. The fraction of sp³-hybridized carbons (Fsp3) is 0.524. The minimum atomic E-state index is -0.981. The zero-order chi connectivity index (χ0) is 23.8. The van der Waals surface area contributed by atoms with Gasteiger partial charge in [0.05, 0.1) is 37.6 Å². The number of azide groups is 1. The van der Waals surface area contributed by atoms with Gasteiger partial charge in [0.15, 0.2) is 0 Å². The van der Waals surface area contributed by atoms with E-state index in [1.54, 1.807) is 25.1 Å². The van der Waals surface area contributed by atoms with E-state index in [0.717, 1.165) is 9.80 Å². The zero-order valence-electron chi connectivity index (χ0n) is 18.4. The number of fused-ring (bicyclic) bond motifs is 1. The SMILES string of the molecule is CCN1C(=O)CCC(N2C(=O)c3cccc(NCCOCCOCCN=[N+]=[N-])c3C2=O)C1=O. The number of benzene rings is 1. The predicted octanol–water partition coefficient (Wildman–Crippen LogP) is 1.58. The largest absolute Gasteiger partial charge is 0.382 e. The van der Waals surface area contributed by atoms with Crippen molar-refractivity contribution in [3.8, 4) is 0 Å². The van der Waals surface area contributed by atoms with Crippen molar-refractivity contribution in [3.05, 3.63) is 39.8 Å². The quantitative estimate of drug-likeness (QED) is 0.164. The van der Waals surface area contributed by atoms with Crippen LogP contribution in [0.3, 0.4) is 0 Å². The maximum absolute atomic E-state index is 13.2. The second-order valence-corrected chi connectivity index (χ2v) is 7.35. The van der Waals surface area contributed by atoms with E-state index in [4.69, 9.17) is 15.0 Å². The average molecular weight is 458 g/mol. The Hall–Kier alpha value is -3.47. The lowest BCUT2D eigenvalue weighted by Crippen LogP contribution is -2.55. The summed E-state index contributed by atoms with van der Waals surface area (Å²) in [5.74, 6) is -1.89. The number of hydrogen-bond donors (Lipinski definition) is 1. The van der Waals surface area contributed by atoms with Crippen molar-refractivity contribution < 1.29 is 28.7 Å². The molecule has 4 amide bonds. The molecule has 1 saturated heterocycles. The van der Waals surface area contributed by atoms with Gasteiger partial charge in [-0.25, -0.2) is 0 Å². The van der Waals surface area contributed by atoms with Gasteiger partial charge in [0, 0.05) is 36.7 Å². The number of nitrogens with one attached hydrogen (secondary N) is 1. The Morgan fingerprint density at radius 3 is 2.61 bits per heavy atom. The summed E-state index contributed by atoms with van der Waals surface area (Å²) < 4.78 is 10.7. The lowest BCUT2D eigenvalue weighted by molar-refractivity contribution is -0.151. The van der Waals surface area contributed by atoms with Crippen LogP contribution in [0, 0.1) is 0 Å². The molecule has 0 aliphatic carbocycles. The first-order valence-electron chi connectivity index (χ1n) is 10.8. The van der Waals surface area contributed by atoms with Crippen molar-refractivity contribution >= 4 is 29.3 Å². The molecule has 3 rings (SSSR count). The van der Waals surface area contributed by atoms with Gasteiger partial charge in [-0.3, -0.25) is 29.0 Å². The molecule has 1 fully saturated rings. The van der Waals surface area contributed by atoms with Crippen LogP contribution in [-0.4, -0.2) is 85.5 Å². The summed E-state index contributed by atoms with van der Waals surface area (Å²) in [7, 11) is 0. The molecule has 12 heteroatoms. The lowest BCUT2D eigenvalue weighted by atomic mass is 10.0. The number of likely N-dealkylation sites (tertiary alicyclic amines) is 1. The van der Waals surface area contributed by atoms with Gasteiger partial charge >= 0.3 is 0 Å². The third-order valence-electron chi connectivity index (χ3n) is 5.39. The van der Waals surface area contributed by atoms with Gasteiger partial charge in [-0.1, -0.05) is 11.2 Å². The number of piperidine rings is 1. The van der Waals surface area contributed by atoms with Gasteiger partial charge in [-0.15, -0.1) is 0 Å². The molecule has 0 bridgehead atoms. The standard InChI is InChI=1S/C21H26N6O6/c1-2-26-17(28)7-6-16(20(26)30)27-19(29)14-4-3-5-15(18(14)21(27)31)23-8-10-32-12-13-33-11-9-24-25-22/h3-5,16,23H,2,6-13H2,1H3. The molecule has 2 heterocycles. The average Bonchev–Trinajstić information content (AvgIpc) is 3.06. The Labute approximate surface area is 190 Å². The van der Waals surface area contributed by atoms with Crippen LogP contribution in [0.15, 0.2) is 23.3 Å². The van der Waals surface area contributed by atoms with Gasteiger partial charge in [-0.05, 0) is 31.0 Å². The van der Waals surface area contributed by atoms with E-state index in [-0.39, 0.29) is 43.0 Å². The molecule has 1 aromatic rings. The maximum Gasteiger partial charge on any atom is 0.264 e. The second kappa shape index (κ2) is 11.4. The Bertz CT molecular complexity index is 976. The minimum absolute atomic E-state index is 0.106. The van der Waals surface area contributed by atoms with Crippen LogP contribution in [0.4, 0.5) is 5.69 Å². The van der Waals surface area contributed by atoms with E-state index in [2.05, 4.69) is 15.3 Å². The number of amides is 4. The number of rotatable bonds is 12. The van der Waals surface area contributed by atoms with Crippen molar-refractivity contribution in [1.82, 2.24) is 9.80 Å². The summed E-state index contributed by atoms with van der Waals surface area (Å²) in [6, 6.07) is 3.93. The molecule has 1 aromatic carbocycles. The third-order valence-corrected chi connectivity index (χ3v) is 5.39. The Morgan fingerprint density at radius 1 is 1.12 bits per heavy atom. The number of carbonyl (C=O) groups excluding carboxylic acids is 4. The summed E-state index contributed by atoms with van der Waals surface area (Å²) in [6.07, 6.45) is 0.233. The Kier molecular flexibility index (Phi) is 8.36. The van der Waals surface area contributed by atoms with Crippen LogP contribution in [0.5, 0.6) is 0 Å². The van der Waals surface area contributed by atoms with Gasteiger partial charge in [0.1, 0.15) is 6.04 Å². The molecular weight excluding hydrogens is 432 g/mol. The van der Waals surface area contributed by atoms with Crippen molar-refractivity contribution in [2.24, 2.45) is 5.11 Å². The summed E-state index contributed by atoms with van der Waals surface area (Å²) in [4.78, 5) is 55.6. The monoisotopic (exact) mass is 458 g/mol. The van der Waals surface area contributed by atoms with E-state index >= 15 is 0 Å². The number of nitrogens with zero attached hydrogens (tertiary/aromatic N) is 5. The summed E-state index contributed by atoms with van der Waals surface area (Å²) >= 11 is 0. The number of ether oxygens (including phenoxy) is 2. The summed E-state index contributed by atoms with van der Waals surface area (Å²) in [5, 5.41) is 6.46. The molecule has 176 valence electrons. The predicted molar refractivity (Wildman–Crippen MR) is 116 cm³/mol. The lowest BCUT2D eigenvalue weighted by Gasteiger charge is -2.33. The Balaban J connectivity index is 1.57. The third kappa shape index (κ3) is 5.30. The van der Waals surface area contributed by atoms with Crippen molar-refractivity contribution in [2.45, 2.75) is 25.8 Å². The molecule has 0 spiro atoms. The second-order valence-electron chi connectivity index (χ2n) is 7.35. The molecular formula is C21H26N6O6. The minimum Gasteiger partial charge on any atom is -0.382 e. The van der Waals surface area contributed by atoms with Crippen LogP contribution in [0.25, 0.3) is 10.4 Å². The first kappa shape index (κ1) is 24.2. The molecule has 0 aromatic heterocycles. The van der Waals surface area contributed by atoms with Crippen molar-refractivity contribution in [3.63, 3.8) is 0 Å². The highest BCUT2D eigenvalue weighted by Gasteiger charge is 2.47. The van der Waals surface area contributed by atoms with Crippen molar-refractivity contribution in [1.29, 1.82) is 0 Å². The number of hydrogen-bond acceptors (Lipinski definition) is 8. The van der Waals surface area contributed by atoms with Crippen LogP contribution in [0.1, 0.15) is 40.5 Å². The normalized spacial score (nSPS) is 17.9. The molecule has 2 aliphatic rings. The molecule has 1 atom stereocenters. The first-order chi connectivity index (χ1) is 16.0. The van der Waals surface area contributed by atoms with Gasteiger partial charge in [-0.2, -0.15) is 0 Å². The van der Waals surface area contributed by atoms with Gasteiger partial charge in [0.2, 0.25) is 5.91 Å². The zero-order valence-corrected chi connectivity index (χ0v) is 18.4. The van der Waals surface area contributed by atoms with Crippen LogP contribution in [-0.2, 0) is 19.1 Å². The number of anilines is 1. The molecule has 1 unspecified atom stereocenters. The van der Waals surface area contributed by atoms with E-state index in [0.29, 0.717) is 38.7 Å². The van der Waals surface area contributed by atoms with E-state index in [1.165, 1.54) is 0 Å². The maximum atomic E-state index is 13.2. The molecule has 2 aliphatic heterocycles. The van der Waals surface area contributed by atoms with Crippen LogP contribution in [0.2, 0.25) is 0 Å².